The van der Waals surface area contributed by atoms with Gasteiger partial charge in [0, 0.05) is 5.41 Å². The number of carbonyl (C=O) groups excluding carboxylic acids is 1. The van der Waals surface area contributed by atoms with E-state index in [0.717, 1.165) is 37.0 Å². The Hall–Kier alpha value is -0.570. The molecule has 148 valence electrons. The summed E-state index contributed by atoms with van der Waals surface area (Å²) >= 11 is 0. The summed E-state index contributed by atoms with van der Waals surface area (Å²) in [4.78, 5) is 12.2. The van der Waals surface area contributed by atoms with Crippen LogP contribution in [-0.4, -0.2) is 23.3 Å². The van der Waals surface area contributed by atoms with Gasteiger partial charge < -0.3 is 9.84 Å². The number of rotatable bonds is 2. The first kappa shape index (κ1) is 18.8. The fourth-order valence-electron chi connectivity index (χ4n) is 7.66. The van der Waals surface area contributed by atoms with E-state index in [0.29, 0.717) is 11.3 Å². The van der Waals surface area contributed by atoms with Crippen molar-refractivity contribution in [1.29, 1.82) is 0 Å². The molecule has 4 aliphatic carbocycles. The molecule has 0 saturated heterocycles. The number of hydrogen-bond donors (Lipinski definition) is 1. The fourth-order valence-corrected chi connectivity index (χ4v) is 7.66. The average Bonchev–Trinajstić information content (AvgIpc) is 2.92. The van der Waals surface area contributed by atoms with Crippen LogP contribution in [0, 0.1) is 40.4 Å². The van der Waals surface area contributed by atoms with Gasteiger partial charge in [0.1, 0.15) is 6.10 Å². The predicted molar refractivity (Wildman–Crippen MR) is 102 cm³/mol. The van der Waals surface area contributed by atoms with Crippen LogP contribution in [0.2, 0.25) is 0 Å². The third-order valence-corrected chi connectivity index (χ3v) is 9.28. The van der Waals surface area contributed by atoms with Crippen LogP contribution in [-0.2, 0) is 9.53 Å². The molecule has 0 aromatic rings. The van der Waals surface area contributed by atoms with E-state index < -0.39 is 0 Å². The van der Waals surface area contributed by atoms with Crippen molar-refractivity contribution in [3.05, 3.63) is 0 Å². The number of ether oxygens (including phenoxy) is 1. The number of aliphatic hydroxyl groups is 1. The highest BCUT2D eigenvalue weighted by molar-refractivity contribution is 5.71. The molecule has 0 aliphatic heterocycles. The first-order chi connectivity index (χ1) is 12.3. The molecule has 4 aliphatic rings. The van der Waals surface area contributed by atoms with E-state index in [4.69, 9.17) is 4.74 Å². The first-order valence-corrected chi connectivity index (χ1v) is 11.1. The summed E-state index contributed by atoms with van der Waals surface area (Å²) in [6.07, 6.45) is 10.7. The van der Waals surface area contributed by atoms with Crippen molar-refractivity contribution in [3.63, 3.8) is 0 Å². The van der Waals surface area contributed by atoms with Gasteiger partial charge in [0.15, 0.2) is 0 Å². The zero-order chi connectivity index (χ0) is 18.7. The van der Waals surface area contributed by atoms with Gasteiger partial charge in [0.2, 0.25) is 0 Å². The third kappa shape index (κ3) is 2.75. The van der Waals surface area contributed by atoms with Crippen molar-refractivity contribution in [3.8, 4) is 0 Å². The normalized spacial score (nSPS) is 50.7. The molecule has 0 amide bonds. The zero-order valence-corrected chi connectivity index (χ0v) is 17.2. The second kappa shape index (κ2) is 6.50. The maximum Gasteiger partial charge on any atom is 0.308 e. The van der Waals surface area contributed by atoms with Crippen LogP contribution >= 0.6 is 0 Å². The molecule has 4 saturated carbocycles. The van der Waals surface area contributed by atoms with Gasteiger partial charge in [0.05, 0.1) is 12.0 Å². The molecule has 4 rings (SSSR count). The number of fused-ring (bicyclic) bond motifs is 5. The molecule has 0 aromatic heterocycles. The summed E-state index contributed by atoms with van der Waals surface area (Å²) in [6.45, 7) is 8.83. The monoisotopic (exact) mass is 362 g/mol. The van der Waals surface area contributed by atoms with Gasteiger partial charge in [-0.2, -0.15) is 0 Å². The average molecular weight is 363 g/mol. The highest BCUT2D eigenvalue weighted by atomic mass is 16.5. The second-order valence-corrected chi connectivity index (χ2v) is 10.8. The van der Waals surface area contributed by atoms with Gasteiger partial charge in [-0.05, 0) is 86.9 Å². The lowest BCUT2D eigenvalue weighted by Gasteiger charge is -2.60. The van der Waals surface area contributed by atoms with Crippen LogP contribution in [0.25, 0.3) is 0 Å². The fraction of sp³-hybridized carbons (Fsp3) is 0.957. The molecular formula is C23H38O3. The number of hydrogen-bond acceptors (Lipinski definition) is 3. The van der Waals surface area contributed by atoms with Crippen LogP contribution in [0.4, 0.5) is 0 Å². The Morgan fingerprint density at radius 1 is 0.962 bits per heavy atom. The van der Waals surface area contributed by atoms with Crippen molar-refractivity contribution in [2.24, 2.45) is 40.4 Å². The lowest BCUT2D eigenvalue weighted by atomic mass is 9.45. The molecule has 8 atom stereocenters. The summed E-state index contributed by atoms with van der Waals surface area (Å²) < 4.78 is 6.00. The quantitative estimate of drug-likeness (QED) is 0.706. The summed E-state index contributed by atoms with van der Waals surface area (Å²) in [7, 11) is 0. The van der Waals surface area contributed by atoms with Crippen molar-refractivity contribution in [2.75, 3.05) is 0 Å². The summed E-state index contributed by atoms with van der Waals surface area (Å²) in [6, 6.07) is 0. The van der Waals surface area contributed by atoms with Crippen molar-refractivity contribution >= 4 is 5.97 Å². The molecule has 4 fully saturated rings. The molecule has 0 heterocycles. The Bertz CT molecular complexity index is 558. The molecular weight excluding hydrogens is 324 g/mol. The second-order valence-electron chi connectivity index (χ2n) is 10.8. The Labute approximate surface area is 159 Å². The van der Waals surface area contributed by atoms with Crippen LogP contribution in [0.3, 0.4) is 0 Å². The lowest BCUT2D eigenvalue weighted by Crippen LogP contribution is -2.54. The van der Waals surface area contributed by atoms with Gasteiger partial charge in [-0.15, -0.1) is 0 Å². The van der Waals surface area contributed by atoms with Crippen molar-refractivity contribution in [2.45, 2.75) is 97.7 Å². The summed E-state index contributed by atoms with van der Waals surface area (Å²) in [5.41, 5.74) is 0.610. The molecule has 0 radical (unpaired) electrons. The Morgan fingerprint density at radius 3 is 2.38 bits per heavy atom. The predicted octanol–water partition coefficient (Wildman–Crippen LogP) is 4.96. The molecule has 3 nitrogen and oxygen atoms in total. The smallest absolute Gasteiger partial charge is 0.308 e. The minimum Gasteiger partial charge on any atom is -0.462 e. The van der Waals surface area contributed by atoms with E-state index in [1.54, 1.807) is 0 Å². The van der Waals surface area contributed by atoms with Crippen LogP contribution in [0.15, 0.2) is 0 Å². The van der Waals surface area contributed by atoms with Crippen LogP contribution in [0.5, 0.6) is 0 Å². The van der Waals surface area contributed by atoms with E-state index in [2.05, 4.69) is 13.8 Å². The van der Waals surface area contributed by atoms with E-state index in [9.17, 15) is 9.90 Å². The van der Waals surface area contributed by atoms with E-state index >= 15 is 0 Å². The molecule has 26 heavy (non-hydrogen) atoms. The third-order valence-electron chi connectivity index (χ3n) is 9.28. The zero-order valence-electron chi connectivity index (χ0n) is 17.2. The summed E-state index contributed by atoms with van der Waals surface area (Å²) in [5, 5.41) is 10.2. The Morgan fingerprint density at radius 2 is 1.65 bits per heavy atom. The van der Waals surface area contributed by atoms with Crippen LogP contribution < -0.4 is 0 Å². The van der Waals surface area contributed by atoms with Gasteiger partial charge >= 0.3 is 5.97 Å². The minimum absolute atomic E-state index is 0.0177. The number of esters is 1. The van der Waals surface area contributed by atoms with E-state index in [1.165, 1.54) is 38.5 Å². The molecule has 3 heteroatoms. The molecule has 0 aromatic carbocycles. The van der Waals surface area contributed by atoms with E-state index in [1.807, 2.05) is 13.8 Å². The first-order valence-electron chi connectivity index (χ1n) is 11.1. The van der Waals surface area contributed by atoms with Gasteiger partial charge in [0.25, 0.3) is 0 Å². The van der Waals surface area contributed by atoms with Crippen LogP contribution in [0.1, 0.15) is 85.5 Å². The van der Waals surface area contributed by atoms with Gasteiger partial charge in [-0.1, -0.05) is 27.7 Å². The minimum atomic E-state index is -0.0650. The van der Waals surface area contributed by atoms with Crippen molar-refractivity contribution in [1.82, 2.24) is 0 Å². The van der Waals surface area contributed by atoms with E-state index in [-0.39, 0.29) is 29.5 Å². The lowest BCUT2D eigenvalue weighted by molar-refractivity contribution is -0.168. The number of carbonyl (C=O) groups is 1. The molecule has 0 unspecified atom stereocenters. The number of aliphatic hydroxyl groups excluding tert-OH is 1. The topological polar surface area (TPSA) is 46.5 Å². The highest BCUT2D eigenvalue weighted by Gasteiger charge is 2.61. The maximum absolute atomic E-state index is 12.2. The molecule has 0 spiro atoms. The SMILES string of the molecule is CC(C)C(=O)O[C@H]1CC[C@H]2[C@@H]3CC[C@H]4C[C@H](O)CC[C@]4(C)[C@H]3CC[C@]12C. The molecule has 0 bridgehead atoms. The Kier molecular flexibility index (Phi) is 4.69. The van der Waals surface area contributed by atoms with Gasteiger partial charge in [-0.3, -0.25) is 4.79 Å². The standard InChI is InChI=1S/C23H38O3/c1-14(2)21(25)26-20-8-7-18-17-6-5-15-13-16(24)9-11-22(15,3)19(17)10-12-23(18,20)4/h14-20,24H,5-13H2,1-4H3/t15-,16+,17-,18-,19-,20-,22-,23-/m0/s1. The molecule has 1 N–H and O–H groups in total. The Balaban J connectivity index is 1.53. The highest BCUT2D eigenvalue weighted by Crippen LogP contribution is 2.66. The van der Waals surface area contributed by atoms with Crippen molar-refractivity contribution < 1.29 is 14.6 Å². The summed E-state index contributed by atoms with van der Waals surface area (Å²) in [5.74, 6) is 3.00. The largest absolute Gasteiger partial charge is 0.462 e. The van der Waals surface area contributed by atoms with Gasteiger partial charge in [-0.25, -0.2) is 0 Å². The maximum atomic E-state index is 12.2.